The summed E-state index contributed by atoms with van der Waals surface area (Å²) in [6, 6.07) is 12.0. The van der Waals surface area contributed by atoms with E-state index in [0.29, 0.717) is 25.0 Å². The molecule has 5 heteroatoms. The van der Waals surface area contributed by atoms with Crippen LogP contribution in [0.3, 0.4) is 0 Å². The van der Waals surface area contributed by atoms with Crippen LogP contribution in [0, 0.1) is 0 Å². The molecule has 0 unspecified atom stereocenters. The summed E-state index contributed by atoms with van der Waals surface area (Å²) in [7, 11) is 0. The lowest BCUT2D eigenvalue weighted by Crippen LogP contribution is -2.37. The lowest BCUT2D eigenvalue weighted by molar-refractivity contribution is 0.133. The molecule has 3 rings (SSSR count). The minimum Gasteiger partial charge on any atom is -0.502 e. The first-order valence-corrected chi connectivity index (χ1v) is 7.89. The van der Waals surface area contributed by atoms with Gasteiger partial charge in [0.15, 0.2) is 5.75 Å². The van der Waals surface area contributed by atoms with Crippen LogP contribution < -0.4 is 5.43 Å². The van der Waals surface area contributed by atoms with Crippen molar-refractivity contribution in [3.8, 4) is 5.75 Å². The van der Waals surface area contributed by atoms with Gasteiger partial charge in [0.2, 0.25) is 5.43 Å². The fourth-order valence-corrected chi connectivity index (χ4v) is 2.85. The van der Waals surface area contributed by atoms with Crippen molar-refractivity contribution in [2.45, 2.75) is 25.4 Å². The molecule has 0 aliphatic carbocycles. The molecule has 1 atom stereocenters. The van der Waals surface area contributed by atoms with Gasteiger partial charge in [-0.05, 0) is 18.4 Å². The van der Waals surface area contributed by atoms with Crippen LogP contribution in [0.1, 0.15) is 17.7 Å². The zero-order chi connectivity index (χ0) is 16.1. The zero-order valence-electron chi connectivity index (χ0n) is 13.0. The van der Waals surface area contributed by atoms with Gasteiger partial charge in [0.25, 0.3) is 0 Å². The Balaban J connectivity index is 1.70. The smallest absolute Gasteiger partial charge is 0.226 e. The molecular formula is C18H21NO4. The standard InChI is InChI=1S/C18H21NO4/c20-17-10-16(23-13-18(17)21)11-19(15-7-9-22-12-15)8-6-14-4-2-1-3-5-14/h1-5,10,13,15,21H,6-9,11-12H2/t15-/m1/s1. The highest BCUT2D eigenvalue weighted by Crippen LogP contribution is 2.17. The predicted molar refractivity (Wildman–Crippen MR) is 86.4 cm³/mol. The third kappa shape index (κ3) is 4.21. The predicted octanol–water partition coefficient (Wildman–Crippen LogP) is 2.18. The molecule has 122 valence electrons. The first-order valence-electron chi connectivity index (χ1n) is 7.89. The second kappa shape index (κ2) is 7.44. The summed E-state index contributed by atoms with van der Waals surface area (Å²) in [6.07, 6.45) is 3.02. The lowest BCUT2D eigenvalue weighted by Gasteiger charge is -2.27. The number of benzene rings is 1. The molecule has 0 bridgehead atoms. The van der Waals surface area contributed by atoms with E-state index in [0.717, 1.165) is 32.3 Å². The highest BCUT2D eigenvalue weighted by Gasteiger charge is 2.24. The van der Waals surface area contributed by atoms with Gasteiger partial charge in [-0.1, -0.05) is 30.3 Å². The minimum absolute atomic E-state index is 0.331. The van der Waals surface area contributed by atoms with E-state index in [4.69, 9.17) is 9.15 Å². The van der Waals surface area contributed by atoms with Crippen molar-refractivity contribution in [1.82, 2.24) is 4.90 Å². The topological polar surface area (TPSA) is 62.9 Å². The van der Waals surface area contributed by atoms with E-state index >= 15 is 0 Å². The van der Waals surface area contributed by atoms with E-state index in [2.05, 4.69) is 17.0 Å². The zero-order valence-corrected chi connectivity index (χ0v) is 13.0. The molecule has 1 saturated heterocycles. The van der Waals surface area contributed by atoms with Crippen LogP contribution in [0.4, 0.5) is 0 Å². The van der Waals surface area contributed by atoms with E-state index < -0.39 is 5.43 Å². The van der Waals surface area contributed by atoms with E-state index in [-0.39, 0.29) is 5.75 Å². The van der Waals surface area contributed by atoms with Gasteiger partial charge in [0.1, 0.15) is 12.0 Å². The molecule has 1 aromatic carbocycles. The molecule has 1 N–H and O–H groups in total. The molecule has 1 aromatic heterocycles. The molecule has 2 aromatic rings. The van der Waals surface area contributed by atoms with Crippen LogP contribution in [0.25, 0.3) is 0 Å². The summed E-state index contributed by atoms with van der Waals surface area (Å²) in [5, 5.41) is 9.30. The maximum Gasteiger partial charge on any atom is 0.226 e. The molecule has 2 heterocycles. The van der Waals surface area contributed by atoms with Crippen LogP contribution in [0.2, 0.25) is 0 Å². The van der Waals surface area contributed by atoms with Crippen LogP contribution >= 0.6 is 0 Å². The third-order valence-electron chi connectivity index (χ3n) is 4.18. The normalized spacial score (nSPS) is 17.7. The van der Waals surface area contributed by atoms with Crippen LogP contribution in [-0.4, -0.2) is 35.8 Å². The Labute approximate surface area is 135 Å². The monoisotopic (exact) mass is 315 g/mol. The largest absolute Gasteiger partial charge is 0.502 e. The Kier molecular flexibility index (Phi) is 5.10. The molecule has 1 aliphatic rings. The van der Waals surface area contributed by atoms with E-state index in [1.807, 2.05) is 18.2 Å². The highest BCUT2D eigenvalue weighted by molar-refractivity contribution is 5.16. The maximum absolute atomic E-state index is 11.6. The number of ether oxygens (including phenoxy) is 1. The number of nitrogens with zero attached hydrogens (tertiary/aromatic N) is 1. The van der Waals surface area contributed by atoms with Crippen molar-refractivity contribution in [3.63, 3.8) is 0 Å². The number of rotatable bonds is 6. The molecule has 1 fully saturated rings. The number of hydrogen-bond donors (Lipinski definition) is 1. The van der Waals surface area contributed by atoms with Crippen LogP contribution in [-0.2, 0) is 17.7 Å². The third-order valence-corrected chi connectivity index (χ3v) is 4.18. The van der Waals surface area contributed by atoms with Gasteiger partial charge >= 0.3 is 0 Å². The Morgan fingerprint density at radius 1 is 1.26 bits per heavy atom. The first kappa shape index (κ1) is 15.8. The van der Waals surface area contributed by atoms with Gasteiger partial charge in [0.05, 0.1) is 13.2 Å². The Morgan fingerprint density at radius 3 is 2.78 bits per heavy atom. The average molecular weight is 315 g/mol. The Hall–Kier alpha value is -2.11. The summed E-state index contributed by atoms with van der Waals surface area (Å²) in [6.45, 7) is 2.88. The van der Waals surface area contributed by atoms with Gasteiger partial charge in [-0.25, -0.2) is 0 Å². The SMILES string of the molecule is O=c1cc(CN(CCc2ccccc2)[C@@H]2CCOC2)occ1O. The second-order valence-corrected chi connectivity index (χ2v) is 5.82. The molecule has 1 aliphatic heterocycles. The molecule has 0 saturated carbocycles. The molecular weight excluding hydrogens is 294 g/mol. The highest BCUT2D eigenvalue weighted by atomic mass is 16.5. The van der Waals surface area contributed by atoms with Crippen molar-refractivity contribution in [2.24, 2.45) is 0 Å². The summed E-state index contributed by atoms with van der Waals surface area (Å²) in [5.41, 5.74) is 0.875. The Bertz CT molecular complexity index is 677. The van der Waals surface area contributed by atoms with Gasteiger partial charge in [0, 0.05) is 25.3 Å². The molecule has 5 nitrogen and oxygen atoms in total. The second-order valence-electron chi connectivity index (χ2n) is 5.82. The maximum atomic E-state index is 11.6. The van der Waals surface area contributed by atoms with Gasteiger partial charge in [-0.15, -0.1) is 0 Å². The summed E-state index contributed by atoms with van der Waals surface area (Å²) in [4.78, 5) is 13.9. The van der Waals surface area contributed by atoms with Crippen molar-refractivity contribution < 1.29 is 14.3 Å². The first-order chi connectivity index (χ1) is 11.2. The summed E-state index contributed by atoms with van der Waals surface area (Å²) in [5.74, 6) is 0.210. The van der Waals surface area contributed by atoms with Crippen LogP contribution in [0.5, 0.6) is 5.75 Å². The van der Waals surface area contributed by atoms with Crippen molar-refractivity contribution in [2.75, 3.05) is 19.8 Å². The summed E-state index contributed by atoms with van der Waals surface area (Å²) < 4.78 is 10.8. The minimum atomic E-state index is -0.406. The van der Waals surface area contributed by atoms with Gasteiger partial charge in [-0.3, -0.25) is 9.69 Å². The fourth-order valence-electron chi connectivity index (χ4n) is 2.85. The van der Waals surface area contributed by atoms with E-state index in [1.54, 1.807) is 0 Å². The van der Waals surface area contributed by atoms with Gasteiger partial charge in [-0.2, -0.15) is 0 Å². The quantitative estimate of drug-likeness (QED) is 0.885. The average Bonchev–Trinajstić information content (AvgIpc) is 3.10. The van der Waals surface area contributed by atoms with Crippen molar-refractivity contribution in [1.29, 1.82) is 0 Å². The van der Waals surface area contributed by atoms with Gasteiger partial charge < -0.3 is 14.3 Å². The van der Waals surface area contributed by atoms with Crippen LogP contribution in [0.15, 0.2) is 51.9 Å². The summed E-state index contributed by atoms with van der Waals surface area (Å²) >= 11 is 0. The molecule has 0 spiro atoms. The molecule has 23 heavy (non-hydrogen) atoms. The molecule has 0 radical (unpaired) electrons. The number of aromatic hydroxyl groups is 1. The fraction of sp³-hybridized carbons (Fsp3) is 0.389. The van der Waals surface area contributed by atoms with E-state index in [1.165, 1.54) is 11.6 Å². The van der Waals surface area contributed by atoms with Crippen molar-refractivity contribution in [3.05, 3.63) is 64.2 Å². The number of hydrogen-bond acceptors (Lipinski definition) is 5. The van der Waals surface area contributed by atoms with E-state index in [9.17, 15) is 9.90 Å². The Morgan fingerprint density at radius 2 is 2.09 bits per heavy atom. The molecule has 0 amide bonds. The van der Waals surface area contributed by atoms with Crippen molar-refractivity contribution >= 4 is 0 Å². The lowest BCUT2D eigenvalue weighted by atomic mass is 10.1.